The lowest BCUT2D eigenvalue weighted by molar-refractivity contribution is 0.220. The van der Waals surface area contributed by atoms with Crippen molar-refractivity contribution in [3.63, 3.8) is 0 Å². The number of urea groups is 1. The number of carbonyl (C=O) groups excluding carboxylic acids is 1. The number of aryl methyl sites for hydroxylation is 1. The summed E-state index contributed by atoms with van der Waals surface area (Å²) in [6.07, 6.45) is 4.26. The maximum absolute atomic E-state index is 13.7. The van der Waals surface area contributed by atoms with Gasteiger partial charge in [-0.15, -0.1) is 10.2 Å². The van der Waals surface area contributed by atoms with Crippen molar-refractivity contribution in [3.8, 4) is 5.75 Å². The molecule has 0 aliphatic carbocycles. The third-order valence-corrected chi connectivity index (χ3v) is 4.56. The molecule has 1 aromatic heterocycles. The van der Waals surface area contributed by atoms with Crippen LogP contribution in [-0.4, -0.2) is 35.3 Å². The van der Waals surface area contributed by atoms with Crippen molar-refractivity contribution >= 4 is 22.5 Å². The third-order valence-electron chi connectivity index (χ3n) is 3.66. The van der Waals surface area contributed by atoms with Crippen molar-refractivity contribution in [3.05, 3.63) is 34.6 Å². The second kappa shape index (κ2) is 9.31. The predicted molar refractivity (Wildman–Crippen MR) is 96.6 cm³/mol. The molecule has 1 N–H and O–H groups in total. The molecule has 6 nitrogen and oxygen atoms in total. The Balaban J connectivity index is 1.88. The van der Waals surface area contributed by atoms with E-state index in [1.165, 1.54) is 29.4 Å². The number of benzene rings is 1. The zero-order valence-electron chi connectivity index (χ0n) is 14.7. The third kappa shape index (κ3) is 5.67. The first-order chi connectivity index (χ1) is 12.0. The molecule has 1 aromatic carbocycles. The van der Waals surface area contributed by atoms with Crippen molar-refractivity contribution in [1.82, 2.24) is 15.1 Å². The summed E-state index contributed by atoms with van der Waals surface area (Å²) >= 11 is 1.39. The molecule has 0 atom stereocenters. The fraction of sp³-hybridized carbons (Fsp3) is 0.471. The van der Waals surface area contributed by atoms with Gasteiger partial charge in [0.1, 0.15) is 5.01 Å². The minimum atomic E-state index is -0.449. The van der Waals surface area contributed by atoms with Crippen LogP contribution in [0.4, 0.5) is 14.3 Å². The molecule has 136 valence electrons. The molecule has 25 heavy (non-hydrogen) atoms. The number of ether oxygens (including phenoxy) is 1. The second-order valence-electron chi connectivity index (χ2n) is 5.71. The summed E-state index contributed by atoms with van der Waals surface area (Å²) in [4.78, 5) is 13.7. The molecule has 0 aliphatic heterocycles. The van der Waals surface area contributed by atoms with Crippen molar-refractivity contribution in [2.45, 2.75) is 39.2 Å². The molecule has 0 fully saturated rings. The predicted octanol–water partition coefficient (Wildman–Crippen LogP) is 4.08. The van der Waals surface area contributed by atoms with Crippen molar-refractivity contribution in [1.29, 1.82) is 0 Å². The number of anilines is 1. The van der Waals surface area contributed by atoms with Crippen LogP contribution in [0.3, 0.4) is 0 Å². The first-order valence-corrected chi connectivity index (χ1v) is 9.02. The summed E-state index contributed by atoms with van der Waals surface area (Å²) in [5.74, 6) is -0.269. The van der Waals surface area contributed by atoms with Crippen LogP contribution in [0.15, 0.2) is 18.2 Å². The molecule has 0 bridgehead atoms. The molecule has 0 unspecified atom stereocenters. The normalized spacial score (nSPS) is 10.6. The SMILES string of the molecule is CCCCCc1nnc(NC(=O)N(C)Cc2ccc(OC)c(F)c2)s1. The summed E-state index contributed by atoms with van der Waals surface area (Å²) in [6.45, 7) is 2.42. The van der Waals surface area contributed by atoms with E-state index in [0.717, 1.165) is 30.7 Å². The Morgan fingerprint density at radius 1 is 1.36 bits per heavy atom. The van der Waals surface area contributed by atoms with Crippen molar-refractivity contribution in [2.75, 3.05) is 19.5 Å². The van der Waals surface area contributed by atoms with Gasteiger partial charge in [0, 0.05) is 20.0 Å². The van der Waals surface area contributed by atoms with Crippen molar-refractivity contribution in [2.24, 2.45) is 0 Å². The Morgan fingerprint density at radius 3 is 2.84 bits per heavy atom. The Bertz CT molecular complexity index is 708. The van der Waals surface area contributed by atoms with Gasteiger partial charge >= 0.3 is 6.03 Å². The van der Waals surface area contributed by atoms with Gasteiger partial charge in [0.25, 0.3) is 0 Å². The number of rotatable bonds is 8. The van der Waals surface area contributed by atoms with Gasteiger partial charge in [-0.2, -0.15) is 0 Å². The molecule has 0 aliphatic rings. The number of aromatic nitrogens is 2. The van der Waals surface area contributed by atoms with Gasteiger partial charge in [-0.3, -0.25) is 5.32 Å². The van der Waals surface area contributed by atoms with Crippen LogP contribution < -0.4 is 10.1 Å². The smallest absolute Gasteiger partial charge is 0.323 e. The van der Waals surface area contributed by atoms with Gasteiger partial charge in [0.2, 0.25) is 5.13 Å². The number of unbranched alkanes of at least 4 members (excludes halogenated alkanes) is 2. The van der Waals surface area contributed by atoms with E-state index in [0.29, 0.717) is 10.7 Å². The summed E-state index contributed by atoms with van der Waals surface area (Å²) in [6, 6.07) is 4.32. The number of hydrogen-bond acceptors (Lipinski definition) is 5. The quantitative estimate of drug-likeness (QED) is 0.715. The van der Waals surface area contributed by atoms with Gasteiger partial charge in [-0.1, -0.05) is 37.2 Å². The first-order valence-electron chi connectivity index (χ1n) is 8.20. The van der Waals surface area contributed by atoms with E-state index >= 15 is 0 Å². The standard InChI is InChI=1S/C17H23FN4O2S/c1-4-5-6-7-15-20-21-16(25-15)19-17(23)22(2)11-12-8-9-14(24-3)13(18)10-12/h8-10H,4-7,11H2,1-3H3,(H,19,21,23). The van der Waals surface area contributed by atoms with Crippen LogP contribution in [-0.2, 0) is 13.0 Å². The summed E-state index contributed by atoms with van der Waals surface area (Å²) in [5, 5.41) is 12.2. The van der Waals surface area contributed by atoms with E-state index < -0.39 is 5.82 Å². The topological polar surface area (TPSA) is 67.4 Å². The molecular weight excluding hydrogens is 343 g/mol. The van der Waals surface area contributed by atoms with Crippen LogP contribution in [0, 0.1) is 5.82 Å². The molecule has 0 saturated carbocycles. The summed E-state index contributed by atoms with van der Waals surface area (Å²) in [7, 11) is 3.05. The van der Waals surface area contributed by atoms with E-state index in [2.05, 4.69) is 22.4 Å². The minimum absolute atomic E-state index is 0.181. The molecule has 2 amide bonds. The van der Waals surface area contributed by atoms with Crippen LogP contribution in [0.5, 0.6) is 5.75 Å². The largest absolute Gasteiger partial charge is 0.494 e. The number of amides is 2. The number of nitrogens with one attached hydrogen (secondary N) is 1. The van der Waals surface area contributed by atoms with E-state index in [-0.39, 0.29) is 18.3 Å². The van der Waals surface area contributed by atoms with Gasteiger partial charge in [0.05, 0.1) is 7.11 Å². The molecule has 1 heterocycles. The fourth-order valence-corrected chi connectivity index (χ4v) is 3.04. The van der Waals surface area contributed by atoms with E-state index in [4.69, 9.17) is 4.74 Å². The zero-order chi connectivity index (χ0) is 18.2. The maximum Gasteiger partial charge on any atom is 0.323 e. The fourth-order valence-electron chi connectivity index (χ4n) is 2.27. The lowest BCUT2D eigenvalue weighted by atomic mass is 10.2. The lowest BCUT2D eigenvalue weighted by Crippen LogP contribution is -2.30. The molecule has 0 radical (unpaired) electrons. The monoisotopic (exact) mass is 366 g/mol. The average molecular weight is 366 g/mol. The molecule has 0 saturated heterocycles. The minimum Gasteiger partial charge on any atom is -0.494 e. The first kappa shape index (κ1) is 19.1. The van der Waals surface area contributed by atoms with E-state index in [9.17, 15) is 9.18 Å². The van der Waals surface area contributed by atoms with E-state index in [1.54, 1.807) is 19.2 Å². The van der Waals surface area contributed by atoms with Gasteiger partial charge in [-0.25, -0.2) is 9.18 Å². The Hall–Kier alpha value is -2.22. The maximum atomic E-state index is 13.7. The number of methoxy groups -OCH3 is 1. The van der Waals surface area contributed by atoms with Crippen LogP contribution in [0.25, 0.3) is 0 Å². The summed E-state index contributed by atoms with van der Waals surface area (Å²) < 4.78 is 18.6. The van der Waals surface area contributed by atoms with Gasteiger partial charge < -0.3 is 9.64 Å². The van der Waals surface area contributed by atoms with Crippen LogP contribution in [0.1, 0.15) is 36.8 Å². The molecule has 8 heteroatoms. The molecule has 2 aromatic rings. The summed E-state index contributed by atoms with van der Waals surface area (Å²) in [5.41, 5.74) is 0.675. The van der Waals surface area contributed by atoms with Gasteiger partial charge in [0.15, 0.2) is 11.6 Å². The van der Waals surface area contributed by atoms with Crippen LogP contribution in [0.2, 0.25) is 0 Å². The zero-order valence-corrected chi connectivity index (χ0v) is 15.5. The molecular formula is C17H23FN4O2S. The molecule has 0 spiro atoms. The highest BCUT2D eigenvalue weighted by Gasteiger charge is 2.13. The highest BCUT2D eigenvalue weighted by Crippen LogP contribution is 2.20. The van der Waals surface area contributed by atoms with Crippen LogP contribution >= 0.6 is 11.3 Å². The number of halogens is 1. The second-order valence-corrected chi connectivity index (χ2v) is 6.78. The lowest BCUT2D eigenvalue weighted by Gasteiger charge is -2.17. The Kier molecular flexibility index (Phi) is 7.12. The van der Waals surface area contributed by atoms with E-state index in [1.807, 2.05) is 0 Å². The average Bonchev–Trinajstić information content (AvgIpc) is 3.02. The van der Waals surface area contributed by atoms with Crippen molar-refractivity contribution < 1.29 is 13.9 Å². The number of hydrogen-bond donors (Lipinski definition) is 1. The number of nitrogens with zero attached hydrogens (tertiary/aromatic N) is 3. The van der Waals surface area contributed by atoms with Gasteiger partial charge in [-0.05, 0) is 24.1 Å². The molecule has 2 rings (SSSR count). The highest BCUT2D eigenvalue weighted by molar-refractivity contribution is 7.15. The Labute approximate surface area is 151 Å². The number of carbonyl (C=O) groups is 1. The Morgan fingerprint density at radius 2 is 2.16 bits per heavy atom. The highest BCUT2D eigenvalue weighted by atomic mass is 32.1.